The zero-order chi connectivity index (χ0) is 22.6. The predicted octanol–water partition coefficient (Wildman–Crippen LogP) is 8.02. The molecule has 1 nitrogen and oxygen atoms in total. The molecule has 0 spiro atoms. The first kappa shape index (κ1) is 22.5. The van der Waals surface area contributed by atoms with Crippen molar-refractivity contribution < 1.29 is 5.11 Å². The van der Waals surface area contributed by atoms with Crippen LogP contribution in [0.5, 0.6) is 0 Å². The van der Waals surface area contributed by atoms with E-state index in [1.54, 1.807) is 0 Å². The minimum Gasteiger partial charge on any atom is -0.393 e. The lowest BCUT2D eigenvalue weighted by Gasteiger charge is -2.69. The number of allylic oxidation sites excluding steroid dienone is 2. The van der Waals surface area contributed by atoms with E-state index >= 15 is 0 Å². The standard InChI is InChI=1S/C30H50O/c1-19(2)22-18-23(31)25-28(22,6)16-17-29(7)21-10-11-24-26(3,4)13-9-14-27(24,5)20(21)12-15-30(25,29)8/h10,19-20,22-25,31H,9,11-18H2,1-8H3/t20-,22?,23?,24-,25+,27+,28+,29+,30-/m0/s1. The van der Waals surface area contributed by atoms with Gasteiger partial charge in [0.2, 0.25) is 0 Å². The maximum absolute atomic E-state index is 11.5. The fourth-order valence-electron chi connectivity index (χ4n) is 11.4. The molecule has 4 fully saturated rings. The predicted molar refractivity (Wildman–Crippen MR) is 131 cm³/mol. The fourth-order valence-corrected chi connectivity index (χ4v) is 11.4. The molecule has 0 radical (unpaired) electrons. The van der Waals surface area contributed by atoms with Gasteiger partial charge in [0.15, 0.2) is 0 Å². The summed E-state index contributed by atoms with van der Waals surface area (Å²) in [5.41, 5.74) is 3.60. The first-order valence-electron chi connectivity index (χ1n) is 13.7. The van der Waals surface area contributed by atoms with E-state index in [1.807, 2.05) is 5.57 Å². The van der Waals surface area contributed by atoms with Gasteiger partial charge in [0.1, 0.15) is 0 Å². The van der Waals surface area contributed by atoms with Gasteiger partial charge < -0.3 is 5.11 Å². The molecule has 5 aliphatic rings. The Balaban J connectivity index is 1.57. The summed E-state index contributed by atoms with van der Waals surface area (Å²) in [7, 11) is 0. The second kappa shape index (κ2) is 6.64. The van der Waals surface area contributed by atoms with Gasteiger partial charge in [0, 0.05) is 0 Å². The SMILES string of the molecule is CC(C)C1CC(O)[C@H]2[C@]3(C)CC[C@H]4C(=CC[C@H]5C(C)(C)CCC[C@]45C)[C@@]3(C)CC[C@]12C. The molecule has 2 unspecified atom stereocenters. The van der Waals surface area contributed by atoms with E-state index in [9.17, 15) is 5.11 Å². The lowest BCUT2D eigenvalue weighted by Crippen LogP contribution is -2.62. The van der Waals surface area contributed by atoms with Crippen molar-refractivity contribution in [1.29, 1.82) is 0 Å². The molecule has 1 heteroatoms. The maximum atomic E-state index is 11.5. The molecular formula is C30H50O. The largest absolute Gasteiger partial charge is 0.393 e. The molecule has 1 N–H and O–H groups in total. The minimum absolute atomic E-state index is 0.111. The molecule has 0 bridgehead atoms. The Kier molecular flexibility index (Phi) is 4.82. The Morgan fingerprint density at radius 2 is 1.61 bits per heavy atom. The summed E-state index contributed by atoms with van der Waals surface area (Å²) in [4.78, 5) is 0. The molecule has 0 aromatic heterocycles. The molecule has 0 amide bonds. The van der Waals surface area contributed by atoms with Gasteiger partial charge in [0.05, 0.1) is 6.10 Å². The van der Waals surface area contributed by atoms with Crippen LogP contribution < -0.4 is 0 Å². The Morgan fingerprint density at radius 1 is 0.903 bits per heavy atom. The van der Waals surface area contributed by atoms with Crippen LogP contribution in [-0.4, -0.2) is 11.2 Å². The summed E-state index contributed by atoms with van der Waals surface area (Å²) in [6.45, 7) is 20.4. The zero-order valence-electron chi connectivity index (χ0n) is 21.9. The van der Waals surface area contributed by atoms with Crippen LogP contribution >= 0.6 is 0 Å². The monoisotopic (exact) mass is 426 g/mol. The highest BCUT2D eigenvalue weighted by atomic mass is 16.3. The summed E-state index contributed by atoms with van der Waals surface area (Å²) >= 11 is 0. The third-order valence-corrected chi connectivity index (χ3v) is 13.0. The summed E-state index contributed by atoms with van der Waals surface area (Å²) < 4.78 is 0. The highest BCUT2D eigenvalue weighted by molar-refractivity contribution is 5.34. The van der Waals surface area contributed by atoms with Crippen LogP contribution in [0.3, 0.4) is 0 Å². The van der Waals surface area contributed by atoms with E-state index in [1.165, 1.54) is 51.4 Å². The molecule has 0 aliphatic heterocycles. The summed E-state index contributed by atoms with van der Waals surface area (Å²) in [6.07, 6.45) is 14.5. The van der Waals surface area contributed by atoms with E-state index in [2.05, 4.69) is 61.5 Å². The highest BCUT2D eigenvalue weighted by Crippen LogP contribution is 2.76. The number of rotatable bonds is 1. The van der Waals surface area contributed by atoms with Crippen molar-refractivity contribution in [1.82, 2.24) is 0 Å². The molecule has 0 aromatic carbocycles. The van der Waals surface area contributed by atoms with Crippen LogP contribution in [0.1, 0.15) is 113 Å². The van der Waals surface area contributed by atoms with Gasteiger partial charge in [-0.25, -0.2) is 0 Å². The van der Waals surface area contributed by atoms with Crippen molar-refractivity contribution in [2.45, 2.75) is 119 Å². The van der Waals surface area contributed by atoms with Crippen molar-refractivity contribution in [3.05, 3.63) is 11.6 Å². The van der Waals surface area contributed by atoms with E-state index in [0.717, 1.165) is 18.3 Å². The van der Waals surface area contributed by atoms with Crippen molar-refractivity contribution in [3.8, 4) is 0 Å². The lowest BCUT2D eigenvalue weighted by molar-refractivity contribution is -0.162. The van der Waals surface area contributed by atoms with E-state index in [4.69, 9.17) is 0 Å². The first-order chi connectivity index (χ1) is 14.3. The van der Waals surface area contributed by atoms with Gasteiger partial charge in [-0.1, -0.05) is 73.5 Å². The number of hydrogen-bond acceptors (Lipinski definition) is 1. The number of fused-ring (bicyclic) bond motifs is 7. The average Bonchev–Trinajstić information content (AvgIpc) is 2.94. The van der Waals surface area contributed by atoms with Crippen LogP contribution in [0, 0.1) is 56.7 Å². The second-order valence-electron chi connectivity index (χ2n) is 14.8. The Bertz CT molecular complexity index is 777. The quantitative estimate of drug-likeness (QED) is 0.421. The third-order valence-electron chi connectivity index (χ3n) is 13.0. The minimum atomic E-state index is -0.111. The number of hydrogen-bond donors (Lipinski definition) is 1. The molecule has 0 aromatic rings. The van der Waals surface area contributed by atoms with E-state index < -0.39 is 0 Å². The highest BCUT2D eigenvalue weighted by Gasteiger charge is 2.70. The first-order valence-corrected chi connectivity index (χ1v) is 13.7. The van der Waals surface area contributed by atoms with Crippen molar-refractivity contribution in [3.63, 3.8) is 0 Å². The van der Waals surface area contributed by atoms with Crippen LogP contribution in [0.2, 0.25) is 0 Å². The number of aliphatic hydroxyl groups excluding tert-OH is 1. The topological polar surface area (TPSA) is 20.2 Å². The molecule has 4 saturated carbocycles. The molecule has 0 heterocycles. The lowest BCUT2D eigenvalue weighted by atomic mass is 9.35. The molecule has 5 rings (SSSR count). The Hall–Kier alpha value is -0.300. The average molecular weight is 427 g/mol. The van der Waals surface area contributed by atoms with Gasteiger partial charge in [0.25, 0.3) is 0 Å². The van der Waals surface area contributed by atoms with Gasteiger partial charge in [-0.15, -0.1) is 0 Å². The Morgan fingerprint density at radius 3 is 2.29 bits per heavy atom. The molecule has 176 valence electrons. The fraction of sp³-hybridized carbons (Fsp3) is 0.933. The third kappa shape index (κ3) is 2.65. The molecule has 31 heavy (non-hydrogen) atoms. The zero-order valence-corrected chi connectivity index (χ0v) is 21.9. The van der Waals surface area contributed by atoms with Gasteiger partial charge >= 0.3 is 0 Å². The van der Waals surface area contributed by atoms with Crippen LogP contribution in [0.15, 0.2) is 11.6 Å². The summed E-state index contributed by atoms with van der Waals surface area (Å²) in [5, 5.41) is 11.5. The van der Waals surface area contributed by atoms with Gasteiger partial charge in [-0.2, -0.15) is 0 Å². The molecular weight excluding hydrogens is 376 g/mol. The summed E-state index contributed by atoms with van der Waals surface area (Å²) in [5.74, 6) is 3.42. The second-order valence-corrected chi connectivity index (χ2v) is 14.8. The van der Waals surface area contributed by atoms with Crippen molar-refractivity contribution in [2.24, 2.45) is 56.7 Å². The molecule has 9 atom stereocenters. The van der Waals surface area contributed by atoms with Gasteiger partial charge in [-0.05, 0) is 108 Å². The summed E-state index contributed by atoms with van der Waals surface area (Å²) in [6, 6.07) is 0. The molecule has 5 aliphatic carbocycles. The maximum Gasteiger partial charge on any atom is 0.0582 e. The van der Waals surface area contributed by atoms with E-state index in [-0.39, 0.29) is 16.9 Å². The van der Waals surface area contributed by atoms with E-state index in [0.29, 0.717) is 34.0 Å². The van der Waals surface area contributed by atoms with Gasteiger partial charge in [-0.3, -0.25) is 0 Å². The smallest absolute Gasteiger partial charge is 0.0582 e. The Labute approximate surface area is 192 Å². The normalized spacial score (nSPS) is 55.7. The molecule has 0 saturated heterocycles. The van der Waals surface area contributed by atoms with Crippen molar-refractivity contribution in [2.75, 3.05) is 0 Å². The number of aliphatic hydroxyl groups is 1. The van der Waals surface area contributed by atoms with Crippen molar-refractivity contribution >= 4 is 0 Å². The van der Waals surface area contributed by atoms with Crippen LogP contribution in [0.25, 0.3) is 0 Å². The van der Waals surface area contributed by atoms with Crippen LogP contribution in [-0.2, 0) is 0 Å². The van der Waals surface area contributed by atoms with Crippen LogP contribution in [0.4, 0.5) is 0 Å².